The molecule has 5 heteroatoms. The second kappa shape index (κ2) is 8.04. The maximum atomic E-state index is 12.4. The van der Waals surface area contributed by atoms with Gasteiger partial charge < -0.3 is 5.32 Å². The number of thioether (sulfide) groups is 1. The van der Waals surface area contributed by atoms with Crippen molar-refractivity contribution in [3.05, 3.63) is 62.4 Å². The van der Waals surface area contributed by atoms with Gasteiger partial charge in [0.25, 0.3) is 5.91 Å². The van der Waals surface area contributed by atoms with Crippen molar-refractivity contribution in [2.24, 2.45) is 0 Å². The summed E-state index contributed by atoms with van der Waals surface area (Å²) >= 11 is 11.3. The zero-order chi connectivity index (χ0) is 17.0. The molecule has 0 aliphatic rings. The van der Waals surface area contributed by atoms with E-state index in [9.17, 15) is 4.79 Å². The van der Waals surface area contributed by atoms with Crippen LogP contribution in [-0.4, -0.2) is 12.2 Å². The highest BCUT2D eigenvalue weighted by Gasteiger charge is 2.13. The number of hydrogen-bond donors (Lipinski definition) is 1. The number of anilines is 1. The molecule has 1 N–H and O–H groups in total. The van der Waals surface area contributed by atoms with Crippen LogP contribution < -0.4 is 5.32 Å². The molecule has 120 valence electrons. The number of rotatable bonds is 4. The standard InChI is InChI=1S/C18H17BrClNOS/c1-11(12(2)23-3)18(22)21-17-7-5-4-6-15(17)14-9-8-13(19)10-16(14)20/h4-10H,1-3H3,(H,21,22)/b12-11+. The van der Waals surface area contributed by atoms with E-state index in [4.69, 9.17) is 11.6 Å². The van der Waals surface area contributed by atoms with E-state index in [0.29, 0.717) is 10.6 Å². The normalized spacial score (nSPS) is 11.9. The van der Waals surface area contributed by atoms with Crippen molar-refractivity contribution in [2.75, 3.05) is 11.6 Å². The highest BCUT2D eigenvalue weighted by Crippen LogP contribution is 2.35. The number of nitrogens with one attached hydrogen (secondary N) is 1. The average Bonchev–Trinajstić information content (AvgIpc) is 2.54. The summed E-state index contributed by atoms with van der Waals surface area (Å²) < 4.78 is 0.919. The summed E-state index contributed by atoms with van der Waals surface area (Å²) in [7, 11) is 0. The highest BCUT2D eigenvalue weighted by atomic mass is 79.9. The molecule has 0 fully saturated rings. The average molecular weight is 411 g/mol. The number of halogens is 2. The third-order valence-corrected chi connectivity index (χ3v) is 5.30. The molecule has 0 atom stereocenters. The third-order valence-electron chi connectivity index (χ3n) is 3.57. The van der Waals surface area contributed by atoms with Crippen LogP contribution in [0.4, 0.5) is 5.69 Å². The molecule has 2 rings (SSSR count). The maximum Gasteiger partial charge on any atom is 0.252 e. The molecule has 23 heavy (non-hydrogen) atoms. The van der Waals surface area contributed by atoms with Gasteiger partial charge in [0.2, 0.25) is 0 Å². The number of amides is 1. The van der Waals surface area contributed by atoms with Crippen LogP contribution in [0.5, 0.6) is 0 Å². The second-order valence-electron chi connectivity index (χ2n) is 5.01. The summed E-state index contributed by atoms with van der Waals surface area (Å²) in [4.78, 5) is 13.4. The van der Waals surface area contributed by atoms with Crippen LogP contribution in [0.25, 0.3) is 11.1 Å². The van der Waals surface area contributed by atoms with Crippen molar-refractivity contribution in [3.8, 4) is 11.1 Å². The Kier molecular flexibility index (Phi) is 6.33. The largest absolute Gasteiger partial charge is 0.322 e. The predicted molar refractivity (Wildman–Crippen MR) is 105 cm³/mol. The fourth-order valence-electron chi connectivity index (χ4n) is 2.06. The SMILES string of the molecule is CS/C(C)=C(\C)C(=O)Nc1ccccc1-c1ccc(Br)cc1Cl. The minimum atomic E-state index is -0.0995. The van der Waals surface area contributed by atoms with Gasteiger partial charge in [-0.3, -0.25) is 4.79 Å². The van der Waals surface area contributed by atoms with Crippen molar-refractivity contribution in [3.63, 3.8) is 0 Å². The molecule has 0 saturated heterocycles. The van der Waals surface area contributed by atoms with Crippen molar-refractivity contribution >= 4 is 50.9 Å². The smallest absolute Gasteiger partial charge is 0.252 e. The summed E-state index contributed by atoms with van der Waals surface area (Å²) in [5.74, 6) is -0.0995. The molecular formula is C18H17BrClNOS. The van der Waals surface area contributed by atoms with E-state index in [2.05, 4.69) is 21.2 Å². The van der Waals surface area contributed by atoms with Crippen LogP contribution in [0.3, 0.4) is 0 Å². The summed E-state index contributed by atoms with van der Waals surface area (Å²) in [6.45, 7) is 3.77. The van der Waals surface area contributed by atoms with Gasteiger partial charge in [0, 0.05) is 31.9 Å². The van der Waals surface area contributed by atoms with Crippen molar-refractivity contribution in [2.45, 2.75) is 13.8 Å². The lowest BCUT2D eigenvalue weighted by molar-refractivity contribution is -0.112. The van der Waals surface area contributed by atoms with Gasteiger partial charge in [-0.1, -0.05) is 51.8 Å². The van der Waals surface area contributed by atoms with E-state index in [1.54, 1.807) is 11.8 Å². The topological polar surface area (TPSA) is 29.1 Å². The first kappa shape index (κ1) is 18.1. The number of allylic oxidation sites excluding steroid dienone is 1. The fourth-order valence-corrected chi connectivity index (χ4v) is 3.24. The lowest BCUT2D eigenvalue weighted by atomic mass is 10.0. The quantitative estimate of drug-likeness (QED) is 0.594. The van der Waals surface area contributed by atoms with Gasteiger partial charge in [-0.05, 0) is 43.2 Å². The van der Waals surface area contributed by atoms with Gasteiger partial charge in [0.1, 0.15) is 0 Å². The van der Waals surface area contributed by atoms with Crippen molar-refractivity contribution in [1.82, 2.24) is 0 Å². The first-order valence-electron chi connectivity index (χ1n) is 7.01. The summed E-state index contributed by atoms with van der Waals surface area (Å²) in [6, 6.07) is 13.4. The van der Waals surface area contributed by atoms with E-state index in [0.717, 1.165) is 26.2 Å². The third kappa shape index (κ3) is 4.40. The zero-order valence-electron chi connectivity index (χ0n) is 13.1. The van der Waals surface area contributed by atoms with Gasteiger partial charge in [-0.15, -0.1) is 11.8 Å². The lowest BCUT2D eigenvalue weighted by Gasteiger charge is -2.13. The Balaban J connectivity index is 2.41. The minimum absolute atomic E-state index is 0.0995. The van der Waals surface area contributed by atoms with Gasteiger partial charge in [0.05, 0.1) is 0 Å². The Labute approximate surface area is 154 Å². The summed E-state index contributed by atoms with van der Waals surface area (Å²) in [6.07, 6.45) is 1.96. The Bertz CT molecular complexity index is 773. The van der Waals surface area contributed by atoms with Crippen LogP contribution >= 0.6 is 39.3 Å². The molecule has 1 amide bonds. The van der Waals surface area contributed by atoms with E-state index < -0.39 is 0 Å². The van der Waals surface area contributed by atoms with Gasteiger partial charge in [-0.25, -0.2) is 0 Å². The molecule has 0 aliphatic heterocycles. The van der Waals surface area contributed by atoms with Gasteiger partial charge >= 0.3 is 0 Å². The predicted octanol–water partition coefficient (Wildman–Crippen LogP) is 6.36. The highest BCUT2D eigenvalue weighted by molar-refractivity contribution is 9.10. The maximum absolute atomic E-state index is 12.4. The number of carbonyl (C=O) groups is 1. The van der Waals surface area contributed by atoms with Gasteiger partial charge in [0.15, 0.2) is 0 Å². The fraction of sp³-hybridized carbons (Fsp3) is 0.167. The van der Waals surface area contributed by atoms with Crippen molar-refractivity contribution in [1.29, 1.82) is 0 Å². The molecular weight excluding hydrogens is 394 g/mol. The molecule has 2 aromatic carbocycles. The van der Waals surface area contributed by atoms with Crippen LogP contribution in [0, 0.1) is 0 Å². The van der Waals surface area contributed by atoms with Crippen molar-refractivity contribution < 1.29 is 4.79 Å². The molecule has 0 unspecified atom stereocenters. The molecule has 0 bridgehead atoms. The molecule has 0 aliphatic carbocycles. The van der Waals surface area contributed by atoms with E-state index in [1.807, 2.05) is 62.6 Å². The number of benzene rings is 2. The van der Waals surface area contributed by atoms with E-state index in [1.165, 1.54) is 0 Å². The molecule has 0 spiro atoms. The lowest BCUT2D eigenvalue weighted by Crippen LogP contribution is -2.14. The summed E-state index contributed by atoms with van der Waals surface area (Å²) in [5, 5.41) is 3.62. The monoisotopic (exact) mass is 409 g/mol. The molecule has 0 aromatic heterocycles. The Morgan fingerprint density at radius 3 is 2.48 bits per heavy atom. The van der Waals surface area contributed by atoms with Gasteiger partial charge in [-0.2, -0.15) is 0 Å². The summed E-state index contributed by atoms with van der Waals surface area (Å²) in [5.41, 5.74) is 3.24. The molecule has 0 heterocycles. The second-order valence-corrected chi connectivity index (χ2v) is 7.35. The van der Waals surface area contributed by atoms with Crippen LogP contribution in [0.2, 0.25) is 5.02 Å². The molecule has 0 saturated carbocycles. The van der Waals surface area contributed by atoms with E-state index >= 15 is 0 Å². The first-order chi connectivity index (χ1) is 10.9. The molecule has 0 radical (unpaired) electrons. The first-order valence-corrected chi connectivity index (χ1v) is 9.41. The van der Waals surface area contributed by atoms with E-state index in [-0.39, 0.29) is 5.91 Å². The number of para-hydroxylation sites is 1. The van der Waals surface area contributed by atoms with Crippen LogP contribution in [0.1, 0.15) is 13.8 Å². The zero-order valence-corrected chi connectivity index (χ0v) is 16.3. The Morgan fingerprint density at radius 2 is 1.83 bits per heavy atom. The molecule has 2 nitrogen and oxygen atoms in total. The number of carbonyl (C=O) groups excluding carboxylic acids is 1. The minimum Gasteiger partial charge on any atom is -0.322 e. The Hall–Kier alpha value is -1.23. The molecule has 2 aromatic rings. The Morgan fingerprint density at radius 1 is 1.13 bits per heavy atom. The number of hydrogen-bond acceptors (Lipinski definition) is 2. The van der Waals surface area contributed by atoms with Crippen LogP contribution in [0.15, 0.2) is 57.4 Å². The van der Waals surface area contributed by atoms with Crippen LogP contribution in [-0.2, 0) is 4.79 Å².